The van der Waals surface area contributed by atoms with E-state index in [1.54, 1.807) is 30.1 Å². The Morgan fingerprint density at radius 1 is 1.43 bits per heavy atom. The predicted molar refractivity (Wildman–Crippen MR) is 87.3 cm³/mol. The van der Waals surface area contributed by atoms with Crippen LogP contribution in [-0.2, 0) is 5.75 Å². The smallest absolute Gasteiger partial charge is 0.258 e. The second-order valence-electron chi connectivity index (χ2n) is 4.37. The van der Waals surface area contributed by atoms with Crippen LogP contribution in [0.2, 0.25) is 5.02 Å². The molecule has 0 fully saturated rings. The van der Waals surface area contributed by atoms with Crippen molar-refractivity contribution in [2.75, 3.05) is 5.73 Å². The first-order chi connectivity index (χ1) is 10.0. The number of fused-ring (bicyclic) bond motifs is 1. The third-order valence-corrected chi connectivity index (χ3v) is 5.40. The molecule has 0 unspecified atom stereocenters. The van der Waals surface area contributed by atoms with E-state index in [9.17, 15) is 4.79 Å². The number of thiazole rings is 1. The van der Waals surface area contributed by atoms with E-state index in [2.05, 4.69) is 9.97 Å². The average Bonchev–Trinajstić information content (AvgIpc) is 2.75. The van der Waals surface area contributed by atoms with Crippen LogP contribution in [0.3, 0.4) is 0 Å². The highest BCUT2D eigenvalue weighted by molar-refractivity contribution is 8.00. The molecule has 0 saturated carbocycles. The first-order valence-electron chi connectivity index (χ1n) is 6.06. The molecule has 0 radical (unpaired) electrons. The lowest BCUT2D eigenvalue weighted by Gasteiger charge is -2.04. The van der Waals surface area contributed by atoms with Gasteiger partial charge in [-0.3, -0.25) is 9.20 Å². The Kier molecular flexibility index (Phi) is 3.88. The highest BCUT2D eigenvalue weighted by Crippen LogP contribution is 2.32. The summed E-state index contributed by atoms with van der Waals surface area (Å²) < 4.78 is 2.48. The number of nitrogen functional groups attached to an aromatic ring is 1. The van der Waals surface area contributed by atoms with E-state index in [0.717, 1.165) is 15.6 Å². The summed E-state index contributed by atoms with van der Waals surface area (Å²) in [7, 11) is 0. The van der Waals surface area contributed by atoms with Gasteiger partial charge in [0.15, 0.2) is 5.13 Å². The van der Waals surface area contributed by atoms with Crippen molar-refractivity contribution in [1.82, 2.24) is 14.4 Å². The van der Waals surface area contributed by atoms with E-state index < -0.39 is 0 Å². The van der Waals surface area contributed by atoms with Crippen LogP contribution in [-0.4, -0.2) is 14.4 Å². The Hall–Kier alpha value is -1.57. The molecule has 0 spiro atoms. The van der Waals surface area contributed by atoms with Gasteiger partial charge in [-0.2, -0.15) is 0 Å². The fraction of sp³-hybridized carbons (Fsp3) is 0.154. The Bertz CT molecular complexity index is 874. The molecular weight excluding hydrogens is 328 g/mol. The number of nitrogens with zero attached hydrogens (tertiary/aromatic N) is 3. The van der Waals surface area contributed by atoms with Crippen LogP contribution in [0, 0.1) is 6.92 Å². The molecule has 0 atom stereocenters. The summed E-state index contributed by atoms with van der Waals surface area (Å²) in [6.45, 7) is 1.92. The van der Waals surface area contributed by atoms with Gasteiger partial charge in [0, 0.05) is 18.0 Å². The summed E-state index contributed by atoms with van der Waals surface area (Å²) in [4.78, 5) is 20.7. The monoisotopic (exact) mass is 338 g/mol. The highest BCUT2D eigenvalue weighted by atomic mass is 35.5. The first kappa shape index (κ1) is 14.4. The number of hydrogen-bond acceptors (Lipinski definition) is 6. The van der Waals surface area contributed by atoms with Crippen LogP contribution in [0.15, 0.2) is 33.4 Å². The SMILES string of the molecule is Cc1nc(N)sc1SCc1cc(=O)n2cc(Cl)ccc2n1. The Morgan fingerprint density at radius 2 is 2.24 bits per heavy atom. The van der Waals surface area contributed by atoms with Crippen LogP contribution in [0.4, 0.5) is 5.13 Å². The number of rotatable bonds is 3. The number of thioether (sulfide) groups is 1. The third-order valence-electron chi connectivity index (χ3n) is 2.80. The van der Waals surface area contributed by atoms with Gasteiger partial charge in [-0.05, 0) is 19.1 Å². The summed E-state index contributed by atoms with van der Waals surface area (Å²) >= 11 is 8.91. The summed E-state index contributed by atoms with van der Waals surface area (Å²) in [6.07, 6.45) is 1.57. The van der Waals surface area contributed by atoms with E-state index in [0.29, 0.717) is 21.6 Å². The van der Waals surface area contributed by atoms with Crippen molar-refractivity contribution in [2.24, 2.45) is 0 Å². The lowest BCUT2D eigenvalue weighted by molar-refractivity contribution is 1.01. The minimum absolute atomic E-state index is 0.140. The van der Waals surface area contributed by atoms with Crippen LogP contribution in [0.25, 0.3) is 5.65 Å². The van der Waals surface area contributed by atoms with Crippen LogP contribution in [0.5, 0.6) is 0 Å². The highest BCUT2D eigenvalue weighted by Gasteiger charge is 2.08. The second kappa shape index (κ2) is 5.67. The van der Waals surface area contributed by atoms with Crippen molar-refractivity contribution in [2.45, 2.75) is 16.9 Å². The van der Waals surface area contributed by atoms with Gasteiger partial charge in [-0.25, -0.2) is 9.97 Å². The van der Waals surface area contributed by atoms with E-state index >= 15 is 0 Å². The molecule has 0 aliphatic rings. The van der Waals surface area contributed by atoms with Crippen molar-refractivity contribution in [3.63, 3.8) is 0 Å². The van der Waals surface area contributed by atoms with Gasteiger partial charge in [-0.1, -0.05) is 22.9 Å². The third kappa shape index (κ3) is 3.04. The number of aryl methyl sites for hydroxylation is 1. The normalized spacial score (nSPS) is 11.1. The molecule has 0 aliphatic carbocycles. The summed E-state index contributed by atoms with van der Waals surface area (Å²) in [5.41, 5.74) is 7.75. The Labute approximate surface area is 133 Å². The van der Waals surface area contributed by atoms with Crippen LogP contribution >= 0.6 is 34.7 Å². The average molecular weight is 339 g/mol. The molecule has 2 N–H and O–H groups in total. The van der Waals surface area contributed by atoms with Gasteiger partial charge in [0.25, 0.3) is 5.56 Å². The van der Waals surface area contributed by atoms with Crippen molar-refractivity contribution in [3.8, 4) is 0 Å². The fourth-order valence-electron chi connectivity index (χ4n) is 1.88. The van der Waals surface area contributed by atoms with Gasteiger partial charge in [0.1, 0.15) is 5.65 Å². The Balaban J connectivity index is 1.89. The lowest BCUT2D eigenvalue weighted by atomic mass is 10.4. The van der Waals surface area contributed by atoms with E-state index in [1.807, 2.05) is 6.92 Å². The fourth-order valence-corrected chi connectivity index (χ4v) is 3.95. The molecule has 21 heavy (non-hydrogen) atoms. The van der Waals surface area contributed by atoms with Crippen molar-refractivity contribution in [1.29, 1.82) is 0 Å². The minimum Gasteiger partial charge on any atom is -0.375 e. The number of halogens is 1. The molecule has 0 aromatic carbocycles. The lowest BCUT2D eigenvalue weighted by Crippen LogP contribution is -2.14. The van der Waals surface area contributed by atoms with Crippen LogP contribution < -0.4 is 11.3 Å². The number of aromatic nitrogens is 3. The van der Waals surface area contributed by atoms with Gasteiger partial charge < -0.3 is 5.73 Å². The maximum Gasteiger partial charge on any atom is 0.258 e. The molecule has 0 amide bonds. The zero-order valence-corrected chi connectivity index (χ0v) is 13.4. The van der Waals surface area contributed by atoms with Crippen molar-refractivity contribution >= 4 is 45.5 Å². The maximum absolute atomic E-state index is 12.1. The summed E-state index contributed by atoms with van der Waals surface area (Å²) in [6, 6.07) is 4.97. The molecule has 3 aromatic rings. The second-order valence-corrected chi connectivity index (χ2v) is 7.09. The molecule has 8 heteroatoms. The predicted octanol–water partition coefficient (Wildman–Crippen LogP) is 2.99. The summed E-state index contributed by atoms with van der Waals surface area (Å²) in [5, 5.41) is 1.06. The molecule has 3 aromatic heterocycles. The number of nitrogens with two attached hydrogens (primary N) is 1. The molecule has 0 bridgehead atoms. The number of hydrogen-bond donors (Lipinski definition) is 1. The summed E-state index contributed by atoms with van der Waals surface area (Å²) in [5.74, 6) is 0.594. The van der Waals surface area contributed by atoms with Crippen molar-refractivity contribution in [3.05, 3.63) is 51.2 Å². The van der Waals surface area contributed by atoms with Crippen molar-refractivity contribution < 1.29 is 0 Å². The quantitative estimate of drug-likeness (QED) is 0.743. The molecular formula is C13H11ClN4OS2. The molecule has 3 rings (SSSR count). The molecule has 0 aliphatic heterocycles. The number of anilines is 1. The van der Waals surface area contributed by atoms with Gasteiger partial charge >= 0.3 is 0 Å². The van der Waals surface area contributed by atoms with Gasteiger partial charge in [-0.15, -0.1) is 11.8 Å². The first-order valence-corrected chi connectivity index (χ1v) is 8.24. The van der Waals surface area contributed by atoms with Gasteiger partial charge in [0.05, 0.1) is 20.6 Å². The maximum atomic E-state index is 12.1. The largest absolute Gasteiger partial charge is 0.375 e. The topological polar surface area (TPSA) is 73.3 Å². The molecule has 0 saturated heterocycles. The van der Waals surface area contributed by atoms with Gasteiger partial charge in [0.2, 0.25) is 0 Å². The minimum atomic E-state index is -0.140. The van der Waals surface area contributed by atoms with Crippen LogP contribution in [0.1, 0.15) is 11.4 Å². The van der Waals surface area contributed by atoms with E-state index in [-0.39, 0.29) is 5.56 Å². The Morgan fingerprint density at radius 3 is 2.95 bits per heavy atom. The molecule has 3 heterocycles. The standard InChI is InChI=1S/C13H11ClN4OS2/c1-7-12(21-13(15)16-7)20-6-9-4-11(19)18-5-8(14)2-3-10(18)17-9/h2-5H,6H2,1H3,(H2,15,16). The number of pyridine rings is 1. The molecule has 108 valence electrons. The van der Waals surface area contributed by atoms with E-state index in [4.69, 9.17) is 17.3 Å². The van der Waals surface area contributed by atoms with E-state index in [1.165, 1.54) is 21.8 Å². The zero-order valence-electron chi connectivity index (χ0n) is 11.0. The molecule has 5 nitrogen and oxygen atoms in total. The zero-order chi connectivity index (χ0) is 15.0.